The van der Waals surface area contributed by atoms with E-state index >= 15 is 0 Å². The highest BCUT2D eigenvalue weighted by Gasteiger charge is 2.09. The number of halogens is 1. The third-order valence-corrected chi connectivity index (χ3v) is 2.72. The first-order valence-corrected chi connectivity index (χ1v) is 6.84. The molecule has 0 heterocycles. The van der Waals surface area contributed by atoms with Crippen LogP contribution in [0.25, 0.3) is 0 Å². The van der Waals surface area contributed by atoms with E-state index in [2.05, 4.69) is 22.9 Å². The smallest absolute Gasteiger partial charge is 0.386 e. The Hall–Kier alpha value is -0.380. The average molecular weight is 293 g/mol. The van der Waals surface area contributed by atoms with E-state index in [4.69, 9.17) is 4.74 Å². The average Bonchev–Trinajstić information content (AvgIpc) is 2.26. The molecule has 0 amide bonds. The normalized spacial score (nSPS) is 10.1. The first kappa shape index (κ1) is 15.6. The topological polar surface area (TPSA) is 43.4 Å². The van der Waals surface area contributed by atoms with E-state index in [0.29, 0.717) is 6.61 Å². The first-order valence-electron chi connectivity index (χ1n) is 6.05. The van der Waals surface area contributed by atoms with E-state index in [9.17, 15) is 9.59 Å². The molecule has 0 saturated carbocycles. The fraction of sp³-hybridized carbons (Fsp3) is 0.833. The van der Waals surface area contributed by atoms with Crippen molar-refractivity contribution in [3.63, 3.8) is 0 Å². The summed E-state index contributed by atoms with van der Waals surface area (Å²) in [5.74, 6) is -0.789. The molecule has 0 aliphatic carbocycles. The molecule has 0 fully saturated rings. The number of esters is 1. The fourth-order valence-corrected chi connectivity index (χ4v) is 1.57. The summed E-state index contributed by atoms with van der Waals surface area (Å²) < 4.78 is 4.01. The van der Waals surface area contributed by atoms with Crippen molar-refractivity contribution in [3.8, 4) is 0 Å². The maximum absolute atomic E-state index is 10.7. The van der Waals surface area contributed by atoms with E-state index in [1.165, 1.54) is 38.5 Å². The largest absolute Gasteiger partial charge is 0.459 e. The van der Waals surface area contributed by atoms with Crippen LogP contribution in [-0.4, -0.2) is 17.3 Å². The zero-order valence-corrected chi connectivity index (χ0v) is 11.6. The van der Waals surface area contributed by atoms with Crippen LogP contribution in [0.15, 0.2) is 0 Å². The van der Waals surface area contributed by atoms with Gasteiger partial charge in [-0.05, 0) is 6.42 Å². The number of unbranched alkanes of at least 4 members (excludes halogenated alkanes) is 7. The lowest BCUT2D eigenvalue weighted by Crippen LogP contribution is -2.11. The molecule has 3 nitrogen and oxygen atoms in total. The number of hydrogen-bond donors (Lipinski definition) is 0. The number of rotatable bonds is 10. The Morgan fingerprint density at radius 2 is 1.44 bits per heavy atom. The second-order valence-electron chi connectivity index (χ2n) is 3.88. The minimum absolute atomic E-state index is 0.352. The molecule has 0 radical (unpaired) electrons. The Kier molecular flexibility index (Phi) is 10.9. The first-order chi connectivity index (χ1) is 7.68. The predicted molar refractivity (Wildman–Crippen MR) is 67.5 cm³/mol. The molecule has 0 N–H and O–H groups in total. The summed E-state index contributed by atoms with van der Waals surface area (Å²) in [4.78, 5) is 21.2. The number of carbonyl (C=O) groups is 2. The number of carbonyl (C=O) groups excluding carboxylic acids is 2. The van der Waals surface area contributed by atoms with E-state index in [1.54, 1.807) is 0 Å². The van der Waals surface area contributed by atoms with Gasteiger partial charge in [0.1, 0.15) is 0 Å². The molecule has 0 aliphatic rings. The lowest BCUT2D eigenvalue weighted by molar-refractivity contribution is -0.149. The van der Waals surface area contributed by atoms with Gasteiger partial charge in [0.05, 0.1) is 6.61 Å². The van der Waals surface area contributed by atoms with Gasteiger partial charge in [-0.15, -0.1) is 0 Å². The lowest BCUT2D eigenvalue weighted by atomic mass is 10.1. The van der Waals surface area contributed by atoms with Crippen LogP contribution in [0.3, 0.4) is 0 Å². The van der Waals surface area contributed by atoms with Crippen LogP contribution < -0.4 is 0 Å². The molecule has 0 atom stereocenters. The predicted octanol–water partition coefficient (Wildman–Crippen LogP) is 3.59. The Bertz CT molecular complexity index is 204. The molecule has 94 valence electrons. The van der Waals surface area contributed by atoms with Crippen LogP contribution in [0.2, 0.25) is 0 Å². The van der Waals surface area contributed by atoms with E-state index < -0.39 is 10.7 Å². The summed E-state index contributed by atoms with van der Waals surface area (Å²) in [6.45, 7) is 2.56. The Labute approximate surface area is 106 Å². The highest BCUT2D eigenvalue weighted by molar-refractivity contribution is 9.19. The van der Waals surface area contributed by atoms with Gasteiger partial charge in [-0.3, -0.25) is 4.79 Å². The molecular weight excluding hydrogens is 272 g/mol. The summed E-state index contributed by atoms with van der Waals surface area (Å²) in [7, 11) is 0. The molecule has 0 unspecified atom stereocenters. The zero-order valence-electron chi connectivity index (χ0n) is 9.97. The molecule has 0 aromatic carbocycles. The van der Waals surface area contributed by atoms with Crippen LogP contribution in [0.4, 0.5) is 0 Å². The summed E-state index contributed by atoms with van der Waals surface area (Å²) >= 11 is 2.54. The Balaban J connectivity index is 3.10. The van der Waals surface area contributed by atoms with E-state index in [0.717, 1.165) is 12.8 Å². The van der Waals surface area contributed by atoms with Gasteiger partial charge in [-0.1, -0.05) is 51.9 Å². The minimum atomic E-state index is -0.789. The van der Waals surface area contributed by atoms with Crippen molar-refractivity contribution in [1.29, 1.82) is 0 Å². The second-order valence-corrected chi connectivity index (χ2v) is 4.60. The van der Waals surface area contributed by atoms with Gasteiger partial charge in [0.15, 0.2) is 0 Å². The standard InChI is InChI=1S/C12H21BrO3/c1-2-3-4-5-6-7-8-9-10-16-12(15)11(13)14/h2-10H2,1H3. The maximum Gasteiger partial charge on any atom is 0.386 e. The van der Waals surface area contributed by atoms with Gasteiger partial charge in [0, 0.05) is 15.9 Å². The van der Waals surface area contributed by atoms with Gasteiger partial charge >= 0.3 is 10.7 Å². The molecule has 4 heteroatoms. The molecule has 0 rings (SSSR count). The zero-order chi connectivity index (χ0) is 12.2. The summed E-state index contributed by atoms with van der Waals surface area (Å²) in [6.07, 6.45) is 9.57. The van der Waals surface area contributed by atoms with E-state index in [-0.39, 0.29) is 0 Å². The van der Waals surface area contributed by atoms with Crippen LogP contribution in [0.5, 0.6) is 0 Å². The van der Waals surface area contributed by atoms with Crippen molar-refractivity contribution in [1.82, 2.24) is 0 Å². The molecular formula is C12H21BrO3. The van der Waals surface area contributed by atoms with Crippen molar-refractivity contribution in [2.24, 2.45) is 0 Å². The SMILES string of the molecule is CCCCCCCCCCOC(=O)C(=O)Br. The molecule has 0 saturated heterocycles. The van der Waals surface area contributed by atoms with Crippen LogP contribution in [0.1, 0.15) is 58.3 Å². The molecule has 0 aromatic rings. The minimum Gasteiger partial charge on any atom is -0.459 e. The van der Waals surface area contributed by atoms with Crippen LogP contribution in [0, 0.1) is 0 Å². The fourth-order valence-electron chi connectivity index (χ4n) is 1.46. The molecule has 0 aromatic heterocycles. The van der Waals surface area contributed by atoms with E-state index in [1.807, 2.05) is 0 Å². The molecule has 16 heavy (non-hydrogen) atoms. The number of hydrogen-bond acceptors (Lipinski definition) is 3. The van der Waals surface area contributed by atoms with Crippen molar-refractivity contribution in [3.05, 3.63) is 0 Å². The maximum atomic E-state index is 10.7. The van der Waals surface area contributed by atoms with Crippen molar-refractivity contribution in [2.45, 2.75) is 58.3 Å². The summed E-state index contributed by atoms with van der Waals surface area (Å²) in [6, 6.07) is 0. The van der Waals surface area contributed by atoms with Gasteiger partial charge in [0.2, 0.25) is 0 Å². The van der Waals surface area contributed by atoms with Gasteiger partial charge in [-0.25, -0.2) is 4.79 Å². The molecule has 0 spiro atoms. The third-order valence-electron chi connectivity index (χ3n) is 2.39. The Morgan fingerprint density at radius 1 is 0.938 bits per heavy atom. The van der Waals surface area contributed by atoms with Crippen molar-refractivity contribution in [2.75, 3.05) is 6.61 Å². The second kappa shape index (κ2) is 11.1. The number of ether oxygens (including phenoxy) is 1. The van der Waals surface area contributed by atoms with Crippen LogP contribution >= 0.6 is 15.9 Å². The van der Waals surface area contributed by atoms with Crippen molar-refractivity contribution >= 4 is 26.6 Å². The van der Waals surface area contributed by atoms with Gasteiger partial charge < -0.3 is 4.74 Å². The molecule has 0 bridgehead atoms. The highest BCUT2D eigenvalue weighted by Crippen LogP contribution is 2.08. The van der Waals surface area contributed by atoms with Gasteiger partial charge in [0.25, 0.3) is 0 Å². The summed E-state index contributed by atoms with van der Waals surface area (Å²) in [5, 5.41) is 0. The summed E-state index contributed by atoms with van der Waals surface area (Å²) in [5.41, 5.74) is 0. The van der Waals surface area contributed by atoms with Crippen LogP contribution in [-0.2, 0) is 14.3 Å². The van der Waals surface area contributed by atoms with Gasteiger partial charge in [-0.2, -0.15) is 0 Å². The quantitative estimate of drug-likeness (QED) is 0.267. The molecule has 0 aliphatic heterocycles. The lowest BCUT2D eigenvalue weighted by Gasteiger charge is -2.02. The van der Waals surface area contributed by atoms with Crippen molar-refractivity contribution < 1.29 is 14.3 Å². The highest BCUT2D eigenvalue weighted by atomic mass is 79.9. The third kappa shape index (κ3) is 10.1. The monoisotopic (exact) mass is 292 g/mol. The Morgan fingerprint density at radius 3 is 1.94 bits per heavy atom.